The quantitative estimate of drug-likeness (QED) is 0.486. The summed E-state index contributed by atoms with van der Waals surface area (Å²) in [6.07, 6.45) is 0.928. The minimum Gasteiger partial charge on any atom is -0.280 e. The second-order valence-electron chi connectivity index (χ2n) is 8.44. The highest BCUT2D eigenvalue weighted by atomic mass is 32.2. The fourth-order valence-corrected chi connectivity index (χ4v) is 5.22. The van der Waals surface area contributed by atoms with Crippen molar-refractivity contribution in [3.8, 4) is 0 Å². The van der Waals surface area contributed by atoms with Crippen LogP contribution in [-0.4, -0.2) is 26.8 Å². The molecule has 0 amide bonds. The highest BCUT2D eigenvalue weighted by Gasteiger charge is 2.21. The van der Waals surface area contributed by atoms with Crippen LogP contribution in [0.15, 0.2) is 64.4 Å². The van der Waals surface area contributed by atoms with E-state index >= 15 is 0 Å². The highest BCUT2D eigenvalue weighted by molar-refractivity contribution is 7.93. The number of hydrogen-bond acceptors (Lipinski definition) is 6. The van der Waals surface area contributed by atoms with E-state index in [0.29, 0.717) is 11.5 Å². The van der Waals surface area contributed by atoms with Gasteiger partial charge in [-0.1, -0.05) is 32.9 Å². The van der Waals surface area contributed by atoms with E-state index in [2.05, 4.69) is 40.2 Å². The first kappa shape index (κ1) is 24.7. The average Bonchev–Trinajstić information content (AvgIpc) is 2.73. The molecule has 0 radical (unpaired) electrons. The molecule has 2 N–H and O–H groups in total. The van der Waals surface area contributed by atoms with Crippen LogP contribution in [0.5, 0.6) is 0 Å². The summed E-state index contributed by atoms with van der Waals surface area (Å²) in [5, 5.41) is 0. The SMILES string of the molecule is CCC(C)(C)c1ccc(S(=O)(=O)Nc2ccc(S(=O)(=O)Nc3cc(C)nc(C)n3)cc2)cc1. The summed E-state index contributed by atoms with van der Waals surface area (Å²) in [4.78, 5) is 8.30. The summed E-state index contributed by atoms with van der Waals surface area (Å²) in [6, 6.07) is 13.8. The Labute approximate surface area is 195 Å². The summed E-state index contributed by atoms with van der Waals surface area (Å²) < 4.78 is 55.8. The van der Waals surface area contributed by atoms with Gasteiger partial charge in [-0.05, 0) is 67.6 Å². The molecule has 0 atom stereocenters. The van der Waals surface area contributed by atoms with E-state index in [9.17, 15) is 16.8 Å². The Hall–Kier alpha value is -2.98. The lowest BCUT2D eigenvalue weighted by Crippen LogP contribution is -2.17. The molecule has 1 heterocycles. The minimum atomic E-state index is -3.90. The van der Waals surface area contributed by atoms with Gasteiger partial charge in [-0.3, -0.25) is 9.44 Å². The topological polar surface area (TPSA) is 118 Å². The predicted octanol–water partition coefficient (Wildman–Crippen LogP) is 4.38. The maximum absolute atomic E-state index is 12.8. The lowest BCUT2D eigenvalue weighted by molar-refractivity contribution is 0.506. The number of anilines is 2. The van der Waals surface area contributed by atoms with Gasteiger partial charge in [-0.2, -0.15) is 0 Å². The number of aromatic nitrogens is 2. The van der Waals surface area contributed by atoms with Crippen molar-refractivity contribution < 1.29 is 16.8 Å². The van der Waals surface area contributed by atoms with Crippen LogP contribution < -0.4 is 9.44 Å². The molecule has 0 saturated carbocycles. The third-order valence-corrected chi connectivity index (χ3v) is 8.22. The molecular weight excluding hydrogens is 460 g/mol. The molecule has 0 aliphatic heterocycles. The van der Waals surface area contributed by atoms with Gasteiger partial charge in [-0.25, -0.2) is 26.8 Å². The van der Waals surface area contributed by atoms with Gasteiger partial charge >= 0.3 is 0 Å². The van der Waals surface area contributed by atoms with Gasteiger partial charge < -0.3 is 0 Å². The predicted molar refractivity (Wildman–Crippen MR) is 129 cm³/mol. The zero-order chi connectivity index (χ0) is 24.4. The van der Waals surface area contributed by atoms with Gasteiger partial charge in [0.1, 0.15) is 11.6 Å². The highest BCUT2D eigenvalue weighted by Crippen LogP contribution is 2.28. The third-order valence-electron chi connectivity index (χ3n) is 5.45. The molecule has 176 valence electrons. The molecule has 1 aromatic heterocycles. The monoisotopic (exact) mass is 488 g/mol. The van der Waals surface area contributed by atoms with Gasteiger partial charge in [0, 0.05) is 17.4 Å². The number of nitrogens with one attached hydrogen (secondary N) is 2. The zero-order valence-corrected chi connectivity index (χ0v) is 20.9. The van der Waals surface area contributed by atoms with E-state index < -0.39 is 20.0 Å². The van der Waals surface area contributed by atoms with Crippen LogP contribution in [-0.2, 0) is 25.5 Å². The number of sulfonamides is 2. The van der Waals surface area contributed by atoms with Crippen LogP contribution in [0.25, 0.3) is 0 Å². The number of aryl methyl sites for hydroxylation is 2. The molecule has 0 aliphatic rings. The van der Waals surface area contributed by atoms with Crippen molar-refractivity contribution in [1.29, 1.82) is 0 Å². The van der Waals surface area contributed by atoms with Crippen LogP contribution in [0.3, 0.4) is 0 Å². The van der Waals surface area contributed by atoms with Crippen molar-refractivity contribution in [2.45, 2.75) is 56.2 Å². The van der Waals surface area contributed by atoms with E-state index in [4.69, 9.17) is 0 Å². The van der Waals surface area contributed by atoms with Crippen LogP contribution in [0.2, 0.25) is 0 Å². The van der Waals surface area contributed by atoms with Gasteiger partial charge in [0.15, 0.2) is 0 Å². The lowest BCUT2D eigenvalue weighted by atomic mass is 9.82. The molecule has 33 heavy (non-hydrogen) atoms. The number of benzene rings is 2. The molecule has 3 rings (SSSR count). The standard InChI is InChI=1S/C23H28N4O4S2/c1-6-23(4,5)18-7-11-20(12-8-18)32(28,29)26-19-9-13-21(14-10-19)33(30,31)27-22-15-16(2)24-17(3)25-22/h7-15,26H,6H2,1-5H3,(H,24,25,27). The van der Waals surface area contributed by atoms with Crippen molar-refractivity contribution in [3.63, 3.8) is 0 Å². The van der Waals surface area contributed by atoms with E-state index in [1.54, 1.807) is 26.0 Å². The van der Waals surface area contributed by atoms with Crippen molar-refractivity contribution >= 4 is 31.6 Å². The molecule has 0 spiro atoms. The molecule has 0 aliphatic carbocycles. The molecule has 3 aromatic rings. The number of hydrogen-bond donors (Lipinski definition) is 2. The summed E-state index contributed by atoms with van der Waals surface area (Å²) in [5.41, 5.74) is 1.89. The van der Waals surface area contributed by atoms with Crippen molar-refractivity contribution in [2.75, 3.05) is 9.44 Å². The maximum atomic E-state index is 12.8. The first-order valence-corrected chi connectivity index (χ1v) is 13.4. The van der Waals surface area contributed by atoms with E-state index in [-0.39, 0.29) is 26.7 Å². The van der Waals surface area contributed by atoms with Gasteiger partial charge in [-0.15, -0.1) is 0 Å². The molecule has 0 fully saturated rings. The molecule has 10 heteroatoms. The first-order valence-electron chi connectivity index (χ1n) is 10.4. The smallest absolute Gasteiger partial charge is 0.263 e. The molecule has 0 unspecified atom stereocenters. The van der Waals surface area contributed by atoms with Crippen LogP contribution >= 0.6 is 0 Å². The molecular formula is C23H28N4O4S2. The number of nitrogens with zero attached hydrogens (tertiary/aromatic N) is 2. The van der Waals surface area contributed by atoms with E-state index in [1.807, 2.05) is 12.1 Å². The summed E-state index contributed by atoms with van der Waals surface area (Å²) in [7, 11) is -7.72. The maximum Gasteiger partial charge on any atom is 0.263 e. The Bertz CT molecular complexity index is 1330. The summed E-state index contributed by atoms with van der Waals surface area (Å²) in [6.45, 7) is 9.70. The molecule has 2 aromatic carbocycles. The molecule has 8 nitrogen and oxygen atoms in total. The van der Waals surface area contributed by atoms with Crippen LogP contribution in [0, 0.1) is 13.8 Å². The summed E-state index contributed by atoms with van der Waals surface area (Å²) >= 11 is 0. The second kappa shape index (κ2) is 9.11. The number of rotatable bonds is 8. The lowest BCUT2D eigenvalue weighted by Gasteiger charge is -2.23. The normalized spacial score (nSPS) is 12.4. The van der Waals surface area contributed by atoms with E-state index in [0.717, 1.165) is 12.0 Å². The van der Waals surface area contributed by atoms with Gasteiger partial charge in [0.05, 0.1) is 9.79 Å². The Kier molecular flexibility index (Phi) is 6.80. The van der Waals surface area contributed by atoms with Crippen LogP contribution in [0.1, 0.15) is 44.3 Å². The molecule has 0 saturated heterocycles. The van der Waals surface area contributed by atoms with Crippen molar-refractivity contribution in [2.24, 2.45) is 0 Å². The Morgan fingerprint density at radius 3 is 1.82 bits per heavy atom. The van der Waals surface area contributed by atoms with Gasteiger partial charge in [0.25, 0.3) is 20.0 Å². The third kappa shape index (κ3) is 5.88. The molecule has 0 bridgehead atoms. The van der Waals surface area contributed by atoms with E-state index in [1.165, 1.54) is 30.3 Å². The van der Waals surface area contributed by atoms with Gasteiger partial charge in [0.2, 0.25) is 0 Å². The Balaban J connectivity index is 1.77. The van der Waals surface area contributed by atoms with Crippen molar-refractivity contribution in [1.82, 2.24) is 9.97 Å². The van der Waals surface area contributed by atoms with Crippen LogP contribution in [0.4, 0.5) is 11.5 Å². The first-order chi connectivity index (χ1) is 15.3. The Morgan fingerprint density at radius 1 is 0.788 bits per heavy atom. The van der Waals surface area contributed by atoms with Crippen molar-refractivity contribution in [3.05, 3.63) is 71.7 Å². The minimum absolute atomic E-state index is 0.0227. The largest absolute Gasteiger partial charge is 0.280 e. The Morgan fingerprint density at radius 2 is 1.30 bits per heavy atom. The average molecular weight is 489 g/mol. The zero-order valence-electron chi connectivity index (χ0n) is 19.2. The summed E-state index contributed by atoms with van der Waals surface area (Å²) in [5.74, 6) is 0.614. The fraction of sp³-hybridized carbons (Fsp3) is 0.304. The fourth-order valence-electron chi connectivity index (χ4n) is 3.17. The second-order valence-corrected chi connectivity index (χ2v) is 11.8.